The second-order valence-corrected chi connectivity index (χ2v) is 12.9. The number of ether oxygens (including phenoxy) is 1. The lowest BCUT2D eigenvalue weighted by Crippen LogP contribution is -2.18. The van der Waals surface area contributed by atoms with Crippen molar-refractivity contribution in [3.8, 4) is 22.5 Å². The van der Waals surface area contributed by atoms with Gasteiger partial charge in [-0.05, 0) is 75.0 Å². The summed E-state index contributed by atoms with van der Waals surface area (Å²) in [5.41, 5.74) is 12.0. The van der Waals surface area contributed by atoms with Crippen LogP contribution >= 0.6 is 0 Å². The van der Waals surface area contributed by atoms with Gasteiger partial charge in [0.05, 0.1) is 11.8 Å². The first-order chi connectivity index (χ1) is 18.7. The van der Waals surface area contributed by atoms with E-state index in [-0.39, 0.29) is 17.3 Å². The lowest BCUT2D eigenvalue weighted by molar-refractivity contribution is -0.110. The highest BCUT2D eigenvalue weighted by molar-refractivity contribution is 6.06. The predicted molar refractivity (Wildman–Crippen MR) is 157 cm³/mol. The lowest BCUT2D eigenvalue weighted by atomic mass is 9.72. The molecule has 1 saturated carbocycles. The summed E-state index contributed by atoms with van der Waals surface area (Å²) in [5.74, 6) is 0.254. The Morgan fingerprint density at radius 1 is 0.923 bits per heavy atom. The third-order valence-corrected chi connectivity index (χ3v) is 9.76. The quantitative estimate of drug-likeness (QED) is 0.245. The molecule has 1 fully saturated rings. The standard InChI is InChI=1S/C36H34O3/c1-18(2)15-20-11-12-22-21(17-20)16-19(3)27-28(22)29-24(31-33(27)36(31,37)38-6)13-14-25-30(29)35(4,5)32-23-9-7-8-10-26(23)39-34(25)32/h7-14,16-18,31,33,37H,15H2,1-6H3. The van der Waals surface area contributed by atoms with E-state index in [1.807, 2.05) is 6.07 Å². The number of aryl methyl sites for hydroxylation is 1. The Morgan fingerprint density at radius 2 is 1.72 bits per heavy atom. The van der Waals surface area contributed by atoms with Crippen LogP contribution in [-0.2, 0) is 16.6 Å². The maximum atomic E-state index is 11.7. The van der Waals surface area contributed by atoms with E-state index >= 15 is 0 Å². The molecule has 0 spiro atoms. The van der Waals surface area contributed by atoms with Crippen molar-refractivity contribution < 1.29 is 14.3 Å². The molecule has 3 aliphatic carbocycles. The number of aliphatic hydroxyl groups is 1. The van der Waals surface area contributed by atoms with E-state index in [2.05, 4.69) is 89.2 Å². The molecular formula is C36H34O3. The van der Waals surface area contributed by atoms with E-state index < -0.39 is 5.79 Å². The maximum Gasteiger partial charge on any atom is 0.180 e. The van der Waals surface area contributed by atoms with Gasteiger partial charge >= 0.3 is 0 Å². The second kappa shape index (κ2) is 7.41. The fraction of sp³-hybridized carbons (Fsp3) is 0.333. The van der Waals surface area contributed by atoms with Crippen LogP contribution in [0.5, 0.6) is 0 Å². The number of fused-ring (bicyclic) bond motifs is 14. The number of hydrogen-bond donors (Lipinski definition) is 1. The Bertz CT molecular complexity index is 1870. The van der Waals surface area contributed by atoms with Crippen molar-refractivity contribution in [1.82, 2.24) is 0 Å². The van der Waals surface area contributed by atoms with Gasteiger partial charge in [-0.15, -0.1) is 0 Å². The van der Waals surface area contributed by atoms with Gasteiger partial charge in [0.2, 0.25) is 0 Å². The van der Waals surface area contributed by atoms with Gasteiger partial charge < -0.3 is 14.3 Å². The molecule has 1 aromatic heterocycles. The van der Waals surface area contributed by atoms with Gasteiger partial charge in [0, 0.05) is 29.0 Å². The molecule has 0 amide bonds. The molecule has 8 rings (SSSR count). The van der Waals surface area contributed by atoms with Crippen molar-refractivity contribution in [2.75, 3.05) is 7.11 Å². The third kappa shape index (κ3) is 2.80. The molecule has 3 aliphatic rings. The lowest BCUT2D eigenvalue weighted by Gasteiger charge is -2.30. The van der Waals surface area contributed by atoms with Gasteiger partial charge in [0.1, 0.15) is 11.3 Å². The van der Waals surface area contributed by atoms with E-state index in [0.717, 1.165) is 17.8 Å². The average molecular weight is 515 g/mol. The summed E-state index contributed by atoms with van der Waals surface area (Å²) >= 11 is 0. The number of rotatable bonds is 3. The van der Waals surface area contributed by atoms with Gasteiger partial charge in [-0.2, -0.15) is 0 Å². The van der Waals surface area contributed by atoms with Gasteiger partial charge in [-0.1, -0.05) is 82.3 Å². The first-order valence-corrected chi connectivity index (χ1v) is 14.2. The Kier molecular flexibility index (Phi) is 4.46. The van der Waals surface area contributed by atoms with Crippen molar-refractivity contribution in [2.24, 2.45) is 5.92 Å². The molecule has 0 aliphatic heterocycles. The van der Waals surface area contributed by atoms with Crippen LogP contribution in [0.4, 0.5) is 0 Å². The number of furan rings is 1. The minimum absolute atomic E-state index is 0.0657. The van der Waals surface area contributed by atoms with Gasteiger partial charge in [0.15, 0.2) is 5.79 Å². The fourth-order valence-electron chi connectivity index (χ4n) is 8.23. The van der Waals surface area contributed by atoms with Crippen LogP contribution in [0.3, 0.4) is 0 Å². The normalized spacial score (nSPS) is 23.5. The summed E-state index contributed by atoms with van der Waals surface area (Å²) in [7, 11) is 1.64. The van der Waals surface area contributed by atoms with Crippen LogP contribution in [0.2, 0.25) is 0 Å². The largest absolute Gasteiger partial charge is 0.456 e. The molecule has 1 heterocycles. The highest BCUT2D eigenvalue weighted by Gasteiger charge is 2.70. The van der Waals surface area contributed by atoms with Crippen molar-refractivity contribution in [3.05, 3.63) is 94.0 Å². The van der Waals surface area contributed by atoms with Crippen molar-refractivity contribution >= 4 is 21.7 Å². The molecular weight excluding hydrogens is 480 g/mol. The van der Waals surface area contributed by atoms with Crippen LogP contribution in [0.1, 0.15) is 72.9 Å². The fourth-order valence-corrected chi connectivity index (χ4v) is 8.23. The highest BCUT2D eigenvalue weighted by atomic mass is 16.6. The summed E-state index contributed by atoms with van der Waals surface area (Å²) in [6, 6.07) is 22.1. The summed E-state index contributed by atoms with van der Waals surface area (Å²) in [6.45, 7) is 11.4. The molecule has 5 aromatic rings. The number of hydrogen-bond acceptors (Lipinski definition) is 3. The van der Waals surface area contributed by atoms with Gasteiger partial charge in [-0.25, -0.2) is 0 Å². The zero-order valence-electron chi connectivity index (χ0n) is 23.5. The van der Waals surface area contributed by atoms with Gasteiger partial charge in [-0.3, -0.25) is 0 Å². The third-order valence-electron chi connectivity index (χ3n) is 9.76. The predicted octanol–water partition coefficient (Wildman–Crippen LogP) is 8.60. The van der Waals surface area contributed by atoms with Crippen molar-refractivity contribution in [1.29, 1.82) is 0 Å². The van der Waals surface area contributed by atoms with Crippen molar-refractivity contribution in [3.63, 3.8) is 0 Å². The highest BCUT2D eigenvalue weighted by Crippen LogP contribution is 2.72. The number of methoxy groups -OCH3 is 1. The van der Waals surface area contributed by atoms with Crippen LogP contribution < -0.4 is 0 Å². The van der Waals surface area contributed by atoms with Crippen LogP contribution in [0, 0.1) is 12.8 Å². The molecule has 3 heteroatoms. The van der Waals surface area contributed by atoms with E-state index in [1.165, 1.54) is 66.2 Å². The minimum atomic E-state index is -1.19. The second-order valence-electron chi connectivity index (χ2n) is 12.9. The number of para-hydroxylation sites is 1. The Labute approximate surface area is 229 Å². The summed E-state index contributed by atoms with van der Waals surface area (Å²) in [6.07, 6.45) is 1.06. The van der Waals surface area contributed by atoms with E-state index in [1.54, 1.807) is 7.11 Å². The topological polar surface area (TPSA) is 42.6 Å². The van der Waals surface area contributed by atoms with Crippen LogP contribution in [0.15, 0.2) is 65.1 Å². The van der Waals surface area contributed by atoms with E-state index in [9.17, 15) is 5.11 Å². The molecule has 3 nitrogen and oxygen atoms in total. The van der Waals surface area contributed by atoms with E-state index in [4.69, 9.17) is 9.15 Å². The molecule has 0 radical (unpaired) electrons. The summed E-state index contributed by atoms with van der Waals surface area (Å²) < 4.78 is 12.4. The van der Waals surface area contributed by atoms with E-state index in [0.29, 0.717) is 5.92 Å². The van der Waals surface area contributed by atoms with Gasteiger partial charge in [0.25, 0.3) is 0 Å². The monoisotopic (exact) mass is 514 g/mol. The molecule has 0 saturated heterocycles. The molecule has 4 aromatic carbocycles. The first kappa shape index (κ1) is 23.5. The summed E-state index contributed by atoms with van der Waals surface area (Å²) in [5, 5.41) is 15.5. The maximum absolute atomic E-state index is 11.7. The molecule has 0 bridgehead atoms. The minimum Gasteiger partial charge on any atom is -0.456 e. The number of benzene rings is 4. The summed E-state index contributed by atoms with van der Waals surface area (Å²) in [4.78, 5) is 0. The zero-order chi connectivity index (χ0) is 27.0. The molecule has 3 atom stereocenters. The average Bonchev–Trinajstić information content (AvgIpc) is 3.22. The Hall–Kier alpha value is -3.40. The molecule has 1 N–H and O–H groups in total. The molecule has 196 valence electrons. The molecule has 3 unspecified atom stereocenters. The van der Waals surface area contributed by atoms with Crippen molar-refractivity contribution in [2.45, 2.75) is 64.1 Å². The smallest absolute Gasteiger partial charge is 0.180 e. The molecule has 39 heavy (non-hydrogen) atoms. The first-order valence-electron chi connectivity index (χ1n) is 14.2. The Morgan fingerprint density at radius 3 is 2.49 bits per heavy atom. The van der Waals surface area contributed by atoms with Crippen LogP contribution in [-0.4, -0.2) is 18.0 Å². The Balaban J connectivity index is 1.49. The SMILES string of the molecule is COC1(O)C2c3ccc4c(c3-c3c(c(C)cc5cc(CC(C)C)ccc35)C21)C(C)(C)c1c-4oc2ccccc12. The zero-order valence-corrected chi connectivity index (χ0v) is 23.5. The van der Waals surface area contributed by atoms with Crippen LogP contribution in [0.25, 0.3) is 44.2 Å².